The second kappa shape index (κ2) is 5.63. The molecule has 4 nitrogen and oxygen atoms in total. The van der Waals surface area contributed by atoms with Crippen LogP contribution in [0.2, 0.25) is 0 Å². The van der Waals surface area contributed by atoms with Crippen molar-refractivity contribution in [1.29, 1.82) is 0 Å². The molecule has 1 amide bonds. The van der Waals surface area contributed by atoms with Crippen molar-refractivity contribution in [1.82, 2.24) is 9.88 Å². The predicted molar refractivity (Wildman–Crippen MR) is 80.3 cm³/mol. The topological polar surface area (TPSA) is 42.4 Å². The first kappa shape index (κ1) is 13.7. The van der Waals surface area contributed by atoms with Crippen molar-refractivity contribution in [2.75, 3.05) is 13.7 Å². The Morgan fingerprint density at radius 1 is 1.55 bits per heavy atom. The first-order valence-corrected chi connectivity index (χ1v) is 8.27. The molecule has 20 heavy (non-hydrogen) atoms. The summed E-state index contributed by atoms with van der Waals surface area (Å²) in [5.41, 5.74) is 1.81. The lowest BCUT2D eigenvalue weighted by Gasteiger charge is -2.33. The van der Waals surface area contributed by atoms with E-state index in [1.165, 1.54) is 21.8 Å². The third kappa shape index (κ3) is 2.39. The molecule has 6 heteroatoms. The number of amides is 1. The van der Waals surface area contributed by atoms with E-state index in [1.807, 2.05) is 10.3 Å². The number of carbonyl (C=O) groups is 1. The van der Waals surface area contributed by atoms with Gasteiger partial charge in [0.2, 0.25) is 0 Å². The summed E-state index contributed by atoms with van der Waals surface area (Å²) < 4.78 is 5.05. The summed E-state index contributed by atoms with van der Waals surface area (Å²) in [5.74, 6) is 0.0213. The van der Waals surface area contributed by atoms with Crippen LogP contribution in [0, 0.1) is 0 Å². The summed E-state index contributed by atoms with van der Waals surface area (Å²) in [4.78, 5) is 20.3. The summed E-state index contributed by atoms with van der Waals surface area (Å²) in [6, 6.07) is 2.26. The third-order valence-electron chi connectivity index (χ3n) is 3.58. The van der Waals surface area contributed by atoms with Crippen LogP contribution < -0.4 is 0 Å². The highest BCUT2D eigenvalue weighted by Crippen LogP contribution is 2.33. The number of rotatable bonds is 3. The second-order valence-electron chi connectivity index (χ2n) is 4.78. The van der Waals surface area contributed by atoms with Crippen LogP contribution in [0.25, 0.3) is 0 Å². The molecule has 0 saturated heterocycles. The van der Waals surface area contributed by atoms with Crippen molar-refractivity contribution < 1.29 is 9.53 Å². The molecule has 0 bridgehead atoms. The fourth-order valence-corrected chi connectivity index (χ4v) is 4.23. The molecule has 2 aromatic rings. The highest BCUT2D eigenvalue weighted by molar-refractivity contribution is 7.10. The average Bonchev–Trinajstić information content (AvgIpc) is 3.08. The minimum atomic E-state index is 0.0213. The quantitative estimate of drug-likeness (QED) is 0.875. The van der Waals surface area contributed by atoms with E-state index in [4.69, 9.17) is 4.74 Å². The molecule has 3 rings (SSSR count). The molecule has 2 aromatic heterocycles. The molecule has 0 spiro atoms. The van der Waals surface area contributed by atoms with Crippen LogP contribution in [0.4, 0.5) is 0 Å². The van der Waals surface area contributed by atoms with Crippen LogP contribution in [0.15, 0.2) is 16.8 Å². The number of fused-ring (bicyclic) bond motifs is 1. The van der Waals surface area contributed by atoms with Crippen LogP contribution in [-0.2, 0) is 17.8 Å². The Hall–Kier alpha value is -1.24. The van der Waals surface area contributed by atoms with Gasteiger partial charge in [0.25, 0.3) is 5.91 Å². The molecule has 106 valence electrons. The first-order chi connectivity index (χ1) is 9.70. The van der Waals surface area contributed by atoms with Gasteiger partial charge in [0, 0.05) is 23.9 Å². The second-order valence-corrected chi connectivity index (χ2v) is 6.73. The van der Waals surface area contributed by atoms with Crippen LogP contribution in [0.1, 0.15) is 38.9 Å². The minimum Gasteiger partial charge on any atom is -0.378 e. The van der Waals surface area contributed by atoms with Crippen LogP contribution in [0.5, 0.6) is 0 Å². The Morgan fingerprint density at radius 3 is 3.20 bits per heavy atom. The fraction of sp³-hybridized carbons (Fsp3) is 0.429. The Kier molecular flexibility index (Phi) is 3.87. The van der Waals surface area contributed by atoms with E-state index in [9.17, 15) is 4.79 Å². The van der Waals surface area contributed by atoms with Crippen LogP contribution in [0.3, 0.4) is 0 Å². The van der Waals surface area contributed by atoms with Gasteiger partial charge in [-0.2, -0.15) is 0 Å². The molecule has 3 heterocycles. The van der Waals surface area contributed by atoms with Gasteiger partial charge in [0.1, 0.15) is 10.7 Å². The number of nitrogens with zero attached hydrogens (tertiary/aromatic N) is 2. The van der Waals surface area contributed by atoms with Gasteiger partial charge in [-0.25, -0.2) is 4.98 Å². The van der Waals surface area contributed by atoms with Gasteiger partial charge in [0.05, 0.1) is 12.6 Å². The third-order valence-corrected chi connectivity index (χ3v) is 5.40. The molecule has 1 unspecified atom stereocenters. The van der Waals surface area contributed by atoms with Gasteiger partial charge in [-0.05, 0) is 30.4 Å². The minimum absolute atomic E-state index is 0.0213. The highest BCUT2D eigenvalue weighted by atomic mass is 32.1. The molecular weight excluding hydrogens is 292 g/mol. The number of thiazole rings is 1. The summed E-state index contributed by atoms with van der Waals surface area (Å²) in [6.45, 7) is 3.32. The summed E-state index contributed by atoms with van der Waals surface area (Å²) >= 11 is 3.25. The molecule has 0 N–H and O–H groups in total. The normalized spacial score (nSPS) is 18.1. The van der Waals surface area contributed by atoms with Gasteiger partial charge in [-0.3, -0.25) is 4.79 Å². The summed E-state index contributed by atoms with van der Waals surface area (Å²) in [7, 11) is 1.63. The lowest BCUT2D eigenvalue weighted by Crippen LogP contribution is -2.38. The maximum absolute atomic E-state index is 12.6. The fourth-order valence-electron chi connectivity index (χ4n) is 2.53. The lowest BCUT2D eigenvalue weighted by atomic mass is 10.0. The number of hydrogen-bond donors (Lipinski definition) is 0. The highest BCUT2D eigenvalue weighted by Gasteiger charge is 2.30. The standard InChI is InChI=1S/C14H16N2O2S2/c1-9-10-4-6-19-12(10)3-5-16(9)14(17)11-8-20-13(15-11)7-18-2/h4,6,8-9H,3,5,7H2,1-2H3. The molecule has 0 saturated carbocycles. The van der Waals surface area contributed by atoms with E-state index >= 15 is 0 Å². The zero-order valence-corrected chi connectivity index (χ0v) is 13.1. The Labute approximate surface area is 126 Å². The van der Waals surface area contributed by atoms with Crippen molar-refractivity contribution >= 4 is 28.6 Å². The molecule has 1 aliphatic heterocycles. The summed E-state index contributed by atoms with van der Waals surface area (Å²) in [5, 5.41) is 4.78. The zero-order chi connectivity index (χ0) is 14.1. The van der Waals surface area contributed by atoms with Gasteiger partial charge in [-0.1, -0.05) is 0 Å². The van der Waals surface area contributed by atoms with Crippen molar-refractivity contribution in [3.63, 3.8) is 0 Å². The van der Waals surface area contributed by atoms with E-state index in [-0.39, 0.29) is 11.9 Å². The van der Waals surface area contributed by atoms with Crippen molar-refractivity contribution in [3.05, 3.63) is 38.0 Å². The van der Waals surface area contributed by atoms with Gasteiger partial charge < -0.3 is 9.64 Å². The SMILES string of the molecule is COCc1nc(C(=O)N2CCc3sccc3C2C)cs1. The van der Waals surface area contributed by atoms with Crippen LogP contribution >= 0.6 is 22.7 Å². The molecule has 1 aliphatic rings. The molecule has 0 aromatic carbocycles. The lowest BCUT2D eigenvalue weighted by molar-refractivity contribution is 0.0673. The number of thiophene rings is 1. The maximum Gasteiger partial charge on any atom is 0.273 e. The molecule has 0 aliphatic carbocycles. The largest absolute Gasteiger partial charge is 0.378 e. The smallest absolute Gasteiger partial charge is 0.273 e. The molecule has 1 atom stereocenters. The van der Waals surface area contributed by atoms with Crippen LogP contribution in [-0.4, -0.2) is 29.4 Å². The monoisotopic (exact) mass is 308 g/mol. The number of ether oxygens (including phenoxy) is 1. The Morgan fingerprint density at radius 2 is 2.40 bits per heavy atom. The molecule has 0 fully saturated rings. The van der Waals surface area contributed by atoms with Gasteiger partial charge in [-0.15, -0.1) is 22.7 Å². The zero-order valence-electron chi connectivity index (χ0n) is 11.5. The number of methoxy groups -OCH3 is 1. The van der Waals surface area contributed by atoms with Gasteiger partial charge in [0.15, 0.2) is 0 Å². The van der Waals surface area contributed by atoms with E-state index < -0.39 is 0 Å². The van der Waals surface area contributed by atoms with Gasteiger partial charge >= 0.3 is 0 Å². The van der Waals surface area contributed by atoms with Crippen molar-refractivity contribution in [2.24, 2.45) is 0 Å². The first-order valence-electron chi connectivity index (χ1n) is 6.51. The average molecular weight is 308 g/mol. The van der Waals surface area contributed by atoms with E-state index in [0.717, 1.165) is 18.0 Å². The van der Waals surface area contributed by atoms with E-state index in [1.54, 1.807) is 18.4 Å². The summed E-state index contributed by atoms with van der Waals surface area (Å²) in [6.07, 6.45) is 0.943. The Bertz CT molecular complexity index is 620. The molecule has 0 radical (unpaired) electrons. The van der Waals surface area contributed by atoms with E-state index in [0.29, 0.717) is 12.3 Å². The number of carbonyl (C=O) groups excluding carboxylic acids is 1. The number of hydrogen-bond acceptors (Lipinski definition) is 5. The number of aromatic nitrogens is 1. The molecular formula is C14H16N2O2S2. The Balaban J connectivity index is 1.80. The van der Waals surface area contributed by atoms with Crippen molar-refractivity contribution in [2.45, 2.75) is 26.0 Å². The maximum atomic E-state index is 12.6. The van der Waals surface area contributed by atoms with E-state index in [2.05, 4.69) is 23.4 Å². The van der Waals surface area contributed by atoms with Crippen molar-refractivity contribution in [3.8, 4) is 0 Å². The predicted octanol–water partition coefficient (Wildman–Crippen LogP) is 3.11.